The van der Waals surface area contributed by atoms with Crippen LogP contribution in [-0.2, 0) is 9.88 Å². The van der Waals surface area contributed by atoms with E-state index in [1.807, 2.05) is 5.06 Å². The number of piperidine rings is 1. The van der Waals surface area contributed by atoms with Crippen molar-refractivity contribution in [3.63, 3.8) is 0 Å². The van der Waals surface area contributed by atoms with E-state index in [0.29, 0.717) is 6.04 Å². The molecule has 0 radical (unpaired) electrons. The molecule has 4 nitrogen and oxygen atoms in total. The maximum Gasteiger partial charge on any atom is 0.130 e. The first-order valence-corrected chi connectivity index (χ1v) is 6.77. The van der Waals surface area contributed by atoms with Crippen LogP contribution in [0.1, 0.15) is 53.9 Å². The van der Waals surface area contributed by atoms with Crippen LogP contribution in [0, 0.1) is 0 Å². The minimum atomic E-state index is -0.0639. The van der Waals surface area contributed by atoms with Gasteiger partial charge < -0.3 is 5.32 Å². The van der Waals surface area contributed by atoms with Gasteiger partial charge in [0.05, 0.1) is 5.54 Å². The first-order chi connectivity index (χ1) is 7.89. The van der Waals surface area contributed by atoms with Crippen molar-refractivity contribution in [2.24, 2.45) is 0 Å². The number of nitrogens with zero attached hydrogens (tertiary/aromatic N) is 1. The summed E-state index contributed by atoms with van der Waals surface area (Å²) in [5.74, 6) is 0. The van der Waals surface area contributed by atoms with Gasteiger partial charge in [-0.15, -0.1) is 10.1 Å². The fraction of sp³-hybridized carbons (Fsp3) is 1.00. The summed E-state index contributed by atoms with van der Waals surface area (Å²) in [7, 11) is 0. The van der Waals surface area contributed by atoms with E-state index in [1.54, 1.807) is 0 Å². The quantitative estimate of drug-likeness (QED) is 0.605. The Hall–Kier alpha value is -0.160. The number of nitrogens with one attached hydrogen (secondary N) is 1. The van der Waals surface area contributed by atoms with Crippen molar-refractivity contribution < 1.29 is 9.88 Å². The lowest BCUT2D eigenvalue weighted by atomic mass is 9.77. The van der Waals surface area contributed by atoms with Crippen molar-refractivity contribution in [1.29, 1.82) is 0 Å². The van der Waals surface area contributed by atoms with E-state index in [4.69, 9.17) is 9.88 Å². The average molecular weight is 242 g/mol. The molecule has 2 saturated heterocycles. The van der Waals surface area contributed by atoms with E-state index in [0.717, 1.165) is 13.0 Å². The zero-order valence-electron chi connectivity index (χ0n) is 11.7. The molecule has 17 heavy (non-hydrogen) atoms. The van der Waals surface area contributed by atoms with Gasteiger partial charge in [-0.2, -0.15) is 0 Å². The van der Waals surface area contributed by atoms with Gasteiger partial charge in [-0.05, 0) is 47.1 Å². The summed E-state index contributed by atoms with van der Waals surface area (Å²) in [6, 6.07) is 0.380. The summed E-state index contributed by atoms with van der Waals surface area (Å²) in [5, 5.41) is 5.65. The van der Waals surface area contributed by atoms with Crippen LogP contribution in [0.4, 0.5) is 0 Å². The predicted octanol–water partition coefficient (Wildman–Crippen LogP) is 2.25. The smallest absolute Gasteiger partial charge is 0.130 e. The minimum absolute atomic E-state index is 0.0143. The van der Waals surface area contributed by atoms with Crippen LogP contribution in [0.3, 0.4) is 0 Å². The molecule has 100 valence electrons. The average Bonchev–Trinajstić information content (AvgIpc) is 2.44. The first-order valence-electron chi connectivity index (χ1n) is 6.77. The molecule has 2 bridgehead atoms. The monoisotopic (exact) mass is 242 g/mol. The fourth-order valence-electron chi connectivity index (χ4n) is 3.23. The van der Waals surface area contributed by atoms with Crippen LogP contribution in [0.15, 0.2) is 0 Å². The highest BCUT2D eigenvalue weighted by Crippen LogP contribution is 2.44. The Labute approximate surface area is 105 Å². The van der Waals surface area contributed by atoms with Crippen molar-refractivity contribution in [2.45, 2.75) is 77.1 Å². The molecule has 0 spiro atoms. The van der Waals surface area contributed by atoms with Gasteiger partial charge in [-0.1, -0.05) is 13.3 Å². The molecule has 0 saturated carbocycles. The number of fused-ring (bicyclic) bond motifs is 2. The zero-order chi connectivity index (χ0) is 12.7. The topological polar surface area (TPSA) is 33.7 Å². The highest BCUT2D eigenvalue weighted by atomic mass is 17.3. The number of unbranched alkanes of at least 4 members (excludes halogenated alkanes) is 1. The summed E-state index contributed by atoms with van der Waals surface area (Å²) in [4.78, 5) is 11.0. The molecular formula is C13H26N2O2. The molecule has 0 aromatic heterocycles. The maximum atomic E-state index is 5.53. The second-order valence-corrected chi connectivity index (χ2v) is 6.47. The third-order valence-corrected chi connectivity index (χ3v) is 4.01. The third kappa shape index (κ3) is 2.24. The van der Waals surface area contributed by atoms with Gasteiger partial charge in [0.25, 0.3) is 0 Å². The lowest BCUT2D eigenvalue weighted by Gasteiger charge is -2.48. The lowest BCUT2D eigenvalue weighted by molar-refractivity contribution is -0.400. The molecule has 0 aromatic rings. The van der Waals surface area contributed by atoms with Crippen LogP contribution >= 0.6 is 0 Å². The van der Waals surface area contributed by atoms with Crippen molar-refractivity contribution in [3.8, 4) is 0 Å². The van der Waals surface area contributed by atoms with Crippen LogP contribution in [0.25, 0.3) is 0 Å². The van der Waals surface area contributed by atoms with Crippen molar-refractivity contribution >= 4 is 0 Å². The number of hydrogen-bond donors (Lipinski definition) is 1. The minimum Gasteiger partial charge on any atom is -0.311 e. The van der Waals surface area contributed by atoms with Crippen molar-refractivity contribution in [3.05, 3.63) is 0 Å². The molecular weight excluding hydrogens is 216 g/mol. The van der Waals surface area contributed by atoms with Gasteiger partial charge in [0.15, 0.2) is 0 Å². The van der Waals surface area contributed by atoms with Crippen LogP contribution in [0.5, 0.6) is 0 Å². The van der Waals surface area contributed by atoms with E-state index in [9.17, 15) is 0 Å². The predicted molar refractivity (Wildman–Crippen MR) is 67.3 cm³/mol. The van der Waals surface area contributed by atoms with Gasteiger partial charge in [0.1, 0.15) is 6.10 Å². The molecule has 2 heterocycles. The first kappa shape index (κ1) is 13.3. The summed E-state index contributed by atoms with van der Waals surface area (Å²) in [6.45, 7) is 12.1. The number of rotatable bonds is 4. The Morgan fingerprint density at radius 3 is 2.65 bits per heavy atom. The Balaban J connectivity index is 2.08. The van der Waals surface area contributed by atoms with Crippen molar-refractivity contribution in [1.82, 2.24) is 10.4 Å². The molecule has 2 aliphatic rings. The molecule has 3 atom stereocenters. The standard InChI is InChI=1S/C13H26N2O2/c1-6-7-8-14-10-9-12(2,3)15-13(4,5)11(10)16-17-15/h10-11,14H,6-9H2,1-5H3. The second-order valence-electron chi connectivity index (χ2n) is 6.47. The Morgan fingerprint density at radius 1 is 1.29 bits per heavy atom. The number of hydroxylamine groups is 2. The summed E-state index contributed by atoms with van der Waals surface area (Å²) >= 11 is 0. The van der Waals surface area contributed by atoms with Gasteiger partial charge >= 0.3 is 0 Å². The summed E-state index contributed by atoms with van der Waals surface area (Å²) < 4.78 is 0. The molecule has 2 fully saturated rings. The molecule has 0 aromatic carbocycles. The SMILES string of the molecule is CCCCNC1CC(C)(C)N2OOC1C2(C)C. The lowest BCUT2D eigenvalue weighted by Crippen LogP contribution is -2.66. The molecule has 1 N–H and O–H groups in total. The van der Waals surface area contributed by atoms with Gasteiger partial charge in [0, 0.05) is 11.6 Å². The maximum absolute atomic E-state index is 5.53. The Bertz CT molecular complexity index is 279. The Kier molecular flexibility index (Phi) is 3.51. The van der Waals surface area contributed by atoms with Gasteiger partial charge in [-0.25, -0.2) is 4.89 Å². The summed E-state index contributed by atoms with van der Waals surface area (Å²) in [6.07, 6.45) is 3.62. The highest BCUT2D eigenvalue weighted by Gasteiger charge is 2.59. The van der Waals surface area contributed by atoms with Crippen LogP contribution < -0.4 is 5.32 Å². The van der Waals surface area contributed by atoms with Crippen molar-refractivity contribution in [2.75, 3.05) is 6.54 Å². The molecule has 4 heteroatoms. The fourth-order valence-corrected chi connectivity index (χ4v) is 3.23. The van der Waals surface area contributed by atoms with E-state index in [1.165, 1.54) is 12.8 Å². The Morgan fingerprint density at radius 2 is 2.00 bits per heavy atom. The largest absolute Gasteiger partial charge is 0.311 e. The van der Waals surface area contributed by atoms with E-state index < -0.39 is 0 Å². The van der Waals surface area contributed by atoms with E-state index in [-0.39, 0.29) is 17.2 Å². The van der Waals surface area contributed by atoms with E-state index in [2.05, 4.69) is 39.9 Å². The van der Waals surface area contributed by atoms with Crippen LogP contribution in [-0.4, -0.2) is 34.8 Å². The molecule has 0 aliphatic carbocycles. The van der Waals surface area contributed by atoms with Gasteiger partial charge in [-0.3, -0.25) is 0 Å². The summed E-state index contributed by atoms with van der Waals surface area (Å²) in [5.41, 5.74) is -0.0496. The third-order valence-electron chi connectivity index (χ3n) is 4.01. The second kappa shape index (κ2) is 4.50. The van der Waals surface area contributed by atoms with Crippen LogP contribution in [0.2, 0.25) is 0 Å². The molecule has 2 rings (SSSR count). The zero-order valence-corrected chi connectivity index (χ0v) is 11.7. The normalized spacial score (nSPS) is 38.3. The molecule has 2 aliphatic heterocycles. The van der Waals surface area contributed by atoms with E-state index >= 15 is 0 Å². The number of hydrogen-bond acceptors (Lipinski definition) is 4. The van der Waals surface area contributed by atoms with Gasteiger partial charge in [0.2, 0.25) is 0 Å². The highest BCUT2D eigenvalue weighted by molar-refractivity contribution is 5.07. The molecule has 0 amide bonds. The molecule has 3 unspecified atom stereocenters.